The number of nitrogen functional groups attached to an aromatic ring is 2. The molecule has 0 radical (unpaired) electrons. The SMILES string of the molecule is Nc1ccc(NC(=O)c2ccc(N)c(C(=O)O)c2)cc1C(=O)O. The van der Waals surface area contributed by atoms with Crippen molar-refractivity contribution < 1.29 is 24.6 Å². The van der Waals surface area contributed by atoms with Gasteiger partial charge in [0.1, 0.15) is 0 Å². The molecule has 0 atom stereocenters. The van der Waals surface area contributed by atoms with E-state index in [9.17, 15) is 14.4 Å². The first-order valence-corrected chi connectivity index (χ1v) is 6.36. The summed E-state index contributed by atoms with van der Waals surface area (Å²) in [5, 5.41) is 20.5. The molecule has 2 rings (SSSR count). The summed E-state index contributed by atoms with van der Waals surface area (Å²) < 4.78 is 0. The predicted octanol–water partition coefficient (Wildman–Crippen LogP) is 1.50. The van der Waals surface area contributed by atoms with Crippen LogP contribution in [0.15, 0.2) is 36.4 Å². The molecule has 0 aliphatic heterocycles. The van der Waals surface area contributed by atoms with Crippen molar-refractivity contribution in [3.8, 4) is 0 Å². The summed E-state index contributed by atoms with van der Waals surface area (Å²) in [4.78, 5) is 34.2. The Balaban J connectivity index is 2.29. The van der Waals surface area contributed by atoms with Gasteiger partial charge in [-0.2, -0.15) is 0 Å². The van der Waals surface area contributed by atoms with Crippen molar-refractivity contribution in [1.29, 1.82) is 0 Å². The second-order valence-electron chi connectivity index (χ2n) is 4.67. The largest absolute Gasteiger partial charge is 0.478 e. The number of nitrogens with two attached hydrogens (primary N) is 2. The number of carboxylic acids is 2. The summed E-state index contributed by atoms with van der Waals surface area (Å²) in [6.07, 6.45) is 0. The number of carbonyl (C=O) groups excluding carboxylic acids is 1. The Morgan fingerprint density at radius 1 is 0.826 bits per heavy atom. The quantitative estimate of drug-likeness (QED) is 0.535. The monoisotopic (exact) mass is 315 g/mol. The third-order valence-corrected chi connectivity index (χ3v) is 3.09. The third kappa shape index (κ3) is 3.38. The van der Waals surface area contributed by atoms with E-state index in [4.69, 9.17) is 21.7 Å². The number of amides is 1. The average Bonchev–Trinajstić information content (AvgIpc) is 2.49. The highest BCUT2D eigenvalue weighted by Gasteiger charge is 2.14. The molecule has 0 fully saturated rings. The second kappa shape index (κ2) is 6.06. The maximum absolute atomic E-state index is 12.1. The molecule has 7 N–H and O–H groups in total. The number of carboxylic acid groups (broad SMARTS) is 2. The fourth-order valence-corrected chi connectivity index (χ4v) is 1.91. The lowest BCUT2D eigenvalue weighted by Gasteiger charge is -2.09. The molecule has 8 heteroatoms. The molecular weight excluding hydrogens is 302 g/mol. The third-order valence-electron chi connectivity index (χ3n) is 3.09. The van der Waals surface area contributed by atoms with Gasteiger partial charge < -0.3 is 27.0 Å². The van der Waals surface area contributed by atoms with Gasteiger partial charge in [0, 0.05) is 22.6 Å². The van der Waals surface area contributed by atoms with Crippen molar-refractivity contribution in [3.63, 3.8) is 0 Å². The lowest BCUT2D eigenvalue weighted by Crippen LogP contribution is -2.14. The van der Waals surface area contributed by atoms with Crippen LogP contribution in [0.5, 0.6) is 0 Å². The van der Waals surface area contributed by atoms with Crippen molar-refractivity contribution in [2.45, 2.75) is 0 Å². The van der Waals surface area contributed by atoms with Crippen LogP contribution in [0.1, 0.15) is 31.1 Å². The van der Waals surface area contributed by atoms with Crippen molar-refractivity contribution >= 4 is 34.9 Å². The van der Waals surface area contributed by atoms with Crippen LogP contribution in [0.3, 0.4) is 0 Å². The van der Waals surface area contributed by atoms with Gasteiger partial charge in [0.2, 0.25) is 0 Å². The Morgan fingerprint density at radius 2 is 1.35 bits per heavy atom. The molecule has 118 valence electrons. The second-order valence-corrected chi connectivity index (χ2v) is 4.67. The highest BCUT2D eigenvalue weighted by Crippen LogP contribution is 2.20. The molecule has 2 aromatic rings. The van der Waals surface area contributed by atoms with E-state index < -0.39 is 17.8 Å². The van der Waals surface area contributed by atoms with E-state index in [2.05, 4.69) is 5.32 Å². The number of hydrogen-bond donors (Lipinski definition) is 5. The number of carbonyl (C=O) groups is 3. The van der Waals surface area contributed by atoms with E-state index in [1.807, 2.05) is 0 Å². The van der Waals surface area contributed by atoms with Gasteiger partial charge in [0.05, 0.1) is 11.1 Å². The lowest BCUT2D eigenvalue weighted by atomic mass is 10.1. The summed E-state index contributed by atoms with van der Waals surface area (Å²) in [7, 11) is 0. The molecule has 0 aliphatic carbocycles. The van der Waals surface area contributed by atoms with E-state index >= 15 is 0 Å². The summed E-state index contributed by atoms with van der Waals surface area (Å²) in [5.74, 6) is -3.08. The van der Waals surface area contributed by atoms with Crippen LogP contribution in [-0.2, 0) is 0 Å². The summed E-state index contributed by atoms with van der Waals surface area (Å²) in [6, 6.07) is 7.82. The molecule has 0 heterocycles. The summed E-state index contributed by atoms with van der Waals surface area (Å²) >= 11 is 0. The molecular formula is C15H13N3O5. The minimum Gasteiger partial charge on any atom is -0.478 e. The minimum absolute atomic E-state index is 0.0368. The minimum atomic E-state index is -1.25. The van der Waals surface area contributed by atoms with E-state index in [-0.39, 0.29) is 33.8 Å². The van der Waals surface area contributed by atoms with Crippen LogP contribution >= 0.6 is 0 Å². The Kier molecular flexibility index (Phi) is 4.17. The van der Waals surface area contributed by atoms with E-state index in [0.29, 0.717) is 0 Å². The molecule has 0 unspecified atom stereocenters. The smallest absolute Gasteiger partial charge is 0.337 e. The molecule has 0 saturated heterocycles. The first-order valence-electron chi connectivity index (χ1n) is 6.36. The zero-order chi connectivity index (χ0) is 17.1. The zero-order valence-corrected chi connectivity index (χ0v) is 11.7. The first kappa shape index (κ1) is 15.8. The molecule has 2 aromatic carbocycles. The Morgan fingerprint density at radius 3 is 1.91 bits per heavy atom. The highest BCUT2D eigenvalue weighted by atomic mass is 16.4. The van der Waals surface area contributed by atoms with Gasteiger partial charge in [-0.15, -0.1) is 0 Å². The van der Waals surface area contributed by atoms with Crippen molar-refractivity contribution in [3.05, 3.63) is 53.1 Å². The number of nitrogens with one attached hydrogen (secondary N) is 1. The standard InChI is InChI=1S/C15H13N3O5/c16-11-3-1-7(5-9(11)14(20)21)13(19)18-8-2-4-12(17)10(6-8)15(22)23/h1-6H,16-17H2,(H,18,19)(H,20,21)(H,22,23). The molecule has 23 heavy (non-hydrogen) atoms. The lowest BCUT2D eigenvalue weighted by molar-refractivity contribution is 0.0687. The van der Waals surface area contributed by atoms with Gasteiger partial charge in [-0.3, -0.25) is 4.79 Å². The fourth-order valence-electron chi connectivity index (χ4n) is 1.91. The normalized spacial score (nSPS) is 10.1. The molecule has 0 bridgehead atoms. The number of hydrogen-bond acceptors (Lipinski definition) is 5. The van der Waals surface area contributed by atoms with Crippen LogP contribution in [0.4, 0.5) is 17.1 Å². The first-order chi connectivity index (χ1) is 10.8. The van der Waals surface area contributed by atoms with Crippen molar-refractivity contribution in [2.75, 3.05) is 16.8 Å². The van der Waals surface area contributed by atoms with Gasteiger partial charge in [-0.25, -0.2) is 9.59 Å². The van der Waals surface area contributed by atoms with Gasteiger partial charge in [-0.1, -0.05) is 0 Å². The van der Waals surface area contributed by atoms with Gasteiger partial charge in [0.25, 0.3) is 5.91 Å². The fraction of sp³-hybridized carbons (Fsp3) is 0. The van der Waals surface area contributed by atoms with Crippen LogP contribution in [0.2, 0.25) is 0 Å². The molecule has 1 amide bonds. The Labute approximate surface area is 130 Å². The van der Waals surface area contributed by atoms with E-state index in [1.54, 1.807) is 0 Å². The van der Waals surface area contributed by atoms with Crippen LogP contribution < -0.4 is 16.8 Å². The van der Waals surface area contributed by atoms with Gasteiger partial charge >= 0.3 is 11.9 Å². The number of aromatic carboxylic acids is 2. The van der Waals surface area contributed by atoms with Crippen LogP contribution in [-0.4, -0.2) is 28.1 Å². The number of benzene rings is 2. The predicted molar refractivity (Wildman–Crippen MR) is 83.6 cm³/mol. The maximum Gasteiger partial charge on any atom is 0.337 e. The van der Waals surface area contributed by atoms with Gasteiger partial charge in [-0.05, 0) is 36.4 Å². The molecule has 0 aliphatic rings. The summed E-state index contributed by atoms with van der Waals surface area (Å²) in [5.41, 5.74) is 11.1. The Bertz CT molecular complexity index is 817. The molecule has 0 saturated carbocycles. The summed E-state index contributed by atoms with van der Waals surface area (Å²) in [6.45, 7) is 0. The van der Waals surface area contributed by atoms with Crippen LogP contribution in [0.25, 0.3) is 0 Å². The Hall–Kier alpha value is -3.55. The molecule has 0 aromatic heterocycles. The van der Waals surface area contributed by atoms with Crippen molar-refractivity contribution in [1.82, 2.24) is 0 Å². The highest BCUT2D eigenvalue weighted by molar-refractivity contribution is 6.07. The van der Waals surface area contributed by atoms with Crippen LogP contribution in [0, 0.1) is 0 Å². The molecule has 0 spiro atoms. The van der Waals surface area contributed by atoms with E-state index in [0.717, 1.165) is 6.07 Å². The van der Waals surface area contributed by atoms with E-state index in [1.165, 1.54) is 30.3 Å². The topological polar surface area (TPSA) is 156 Å². The number of rotatable bonds is 4. The zero-order valence-electron chi connectivity index (χ0n) is 11.7. The maximum atomic E-state index is 12.1. The molecule has 8 nitrogen and oxygen atoms in total. The van der Waals surface area contributed by atoms with Crippen molar-refractivity contribution in [2.24, 2.45) is 0 Å². The van der Waals surface area contributed by atoms with Gasteiger partial charge in [0.15, 0.2) is 0 Å². The number of anilines is 3. The average molecular weight is 315 g/mol.